The van der Waals surface area contributed by atoms with Gasteiger partial charge in [0.1, 0.15) is 6.61 Å². The SMILES string of the molecule is C=C(NC)OCC(=C)c1cc(-c2ccccc2)c2c(ccc3ccccc32)n1. The van der Waals surface area contributed by atoms with E-state index in [1.807, 2.05) is 6.07 Å². The molecule has 0 unspecified atom stereocenters. The van der Waals surface area contributed by atoms with E-state index in [4.69, 9.17) is 9.72 Å². The highest BCUT2D eigenvalue weighted by atomic mass is 16.5. The molecule has 0 aliphatic heterocycles. The van der Waals surface area contributed by atoms with E-state index < -0.39 is 0 Å². The van der Waals surface area contributed by atoms with Gasteiger partial charge in [-0.15, -0.1) is 0 Å². The van der Waals surface area contributed by atoms with Crippen molar-refractivity contribution in [2.75, 3.05) is 13.7 Å². The Morgan fingerprint density at radius 2 is 1.71 bits per heavy atom. The molecule has 0 atom stereocenters. The Hall–Kier alpha value is -3.59. The van der Waals surface area contributed by atoms with Crippen molar-refractivity contribution in [3.8, 4) is 11.1 Å². The molecule has 3 nitrogen and oxygen atoms in total. The summed E-state index contributed by atoms with van der Waals surface area (Å²) in [5, 5.41) is 6.44. The van der Waals surface area contributed by atoms with E-state index in [9.17, 15) is 0 Å². The number of nitrogens with one attached hydrogen (secondary N) is 1. The van der Waals surface area contributed by atoms with Gasteiger partial charge in [0, 0.05) is 18.0 Å². The molecule has 138 valence electrons. The van der Waals surface area contributed by atoms with Gasteiger partial charge in [0.15, 0.2) is 5.88 Å². The molecule has 4 rings (SSSR count). The highest BCUT2D eigenvalue weighted by molar-refractivity contribution is 6.13. The minimum absolute atomic E-state index is 0.333. The average Bonchev–Trinajstić information content (AvgIpc) is 2.76. The van der Waals surface area contributed by atoms with Crippen LogP contribution >= 0.6 is 0 Å². The van der Waals surface area contributed by atoms with Crippen LogP contribution in [0.5, 0.6) is 0 Å². The van der Waals surface area contributed by atoms with Crippen LogP contribution < -0.4 is 5.32 Å². The maximum absolute atomic E-state index is 5.59. The molecule has 0 bridgehead atoms. The summed E-state index contributed by atoms with van der Waals surface area (Å²) in [5.41, 5.74) is 4.88. The summed E-state index contributed by atoms with van der Waals surface area (Å²) in [6.45, 7) is 8.31. The van der Waals surface area contributed by atoms with Gasteiger partial charge < -0.3 is 10.1 Å². The minimum Gasteiger partial charge on any atom is -0.475 e. The van der Waals surface area contributed by atoms with E-state index in [2.05, 4.69) is 85.2 Å². The third-order valence-corrected chi connectivity index (χ3v) is 4.84. The van der Waals surface area contributed by atoms with Crippen molar-refractivity contribution in [3.63, 3.8) is 0 Å². The number of hydrogen-bond acceptors (Lipinski definition) is 3. The van der Waals surface area contributed by atoms with Gasteiger partial charge in [-0.3, -0.25) is 0 Å². The first kappa shape index (κ1) is 17.8. The summed E-state index contributed by atoms with van der Waals surface area (Å²) in [6, 6.07) is 25.1. The Morgan fingerprint density at radius 3 is 2.50 bits per heavy atom. The topological polar surface area (TPSA) is 34.1 Å². The lowest BCUT2D eigenvalue weighted by molar-refractivity contribution is 0.235. The molecule has 28 heavy (non-hydrogen) atoms. The highest BCUT2D eigenvalue weighted by Crippen LogP contribution is 2.35. The lowest BCUT2D eigenvalue weighted by atomic mass is 9.95. The van der Waals surface area contributed by atoms with Crippen LogP contribution in [0, 0.1) is 0 Å². The van der Waals surface area contributed by atoms with Crippen molar-refractivity contribution in [2.45, 2.75) is 0 Å². The molecule has 0 saturated heterocycles. The van der Waals surface area contributed by atoms with Crippen molar-refractivity contribution in [2.24, 2.45) is 0 Å². The fourth-order valence-corrected chi connectivity index (χ4v) is 3.35. The summed E-state index contributed by atoms with van der Waals surface area (Å²) < 4.78 is 5.59. The Bertz CT molecular complexity index is 1180. The van der Waals surface area contributed by atoms with Crippen molar-refractivity contribution < 1.29 is 4.74 Å². The summed E-state index contributed by atoms with van der Waals surface area (Å²) in [5.74, 6) is 0.510. The average molecular weight is 366 g/mol. The Balaban J connectivity index is 1.92. The summed E-state index contributed by atoms with van der Waals surface area (Å²) in [7, 11) is 1.78. The van der Waals surface area contributed by atoms with Gasteiger partial charge >= 0.3 is 0 Å². The number of nitrogens with zero attached hydrogens (tertiary/aromatic N) is 1. The Kier molecular flexibility index (Phi) is 4.81. The van der Waals surface area contributed by atoms with Gasteiger partial charge in [0.2, 0.25) is 0 Å². The molecule has 0 aliphatic carbocycles. The van der Waals surface area contributed by atoms with Crippen LogP contribution in [0.4, 0.5) is 0 Å². The summed E-state index contributed by atoms with van der Waals surface area (Å²) in [4.78, 5) is 4.89. The molecule has 3 aromatic carbocycles. The zero-order valence-corrected chi connectivity index (χ0v) is 15.9. The molecular formula is C25H22N2O. The smallest absolute Gasteiger partial charge is 0.179 e. The highest BCUT2D eigenvalue weighted by Gasteiger charge is 2.13. The van der Waals surface area contributed by atoms with Crippen molar-refractivity contribution in [1.82, 2.24) is 10.3 Å². The molecule has 0 fully saturated rings. The molecule has 1 aromatic heterocycles. The number of rotatable bonds is 6. The molecule has 1 heterocycles. The monoisotopic (exact) mass is 366 g/mol. The lowest BCUT2D eigenvalue weighted by Gasteiger charge is -2.15. The number of hydrogen-bond donors (Lipinski definition) is 1. The van der Waals surface area contributed by atoms with Crippen LogP contribution in [0.15, 0.2) is 91.8 Å². The van der Waals surface area contributed by atoms with Crippen molar-refractivity contribution in [1.29, 1.82) is 0 Å². The van der Waals surface area contributed by atoms with Gasteiger partial charge in [-0.05, 0) is 40.6 Å². The molecule has 0 amide bonds. The lowest BCUT2D eigenvalue weighted by Crippen LogP contribution is -2.09. The second-order valence-corrected chi connectivity index (χ2v) is 6.67. The normalized spacial score (nSPS) is 10.8. The largest absolute Gasteiger partial charge is 0.475 e. The zero-order valence-electron chi connectivity index (χ0n) is 15.9. The predicted molar refractivity (Wildman–Crippen MR) is 118 cm³/mol. The Labute approximate surface area is 165 Å². The molecule has 0 aliphatic rings. The molecule has 0 saturated carbocycles. The number of fused-ring (bicyclic) bond motifs is 3. The van der Waals surface area contributed by atoms with E-state index in [0.717, 1.165) is 33.3 Å². The van der Waals surface area contributed by atoms with Crippen LogP contribution in [0.3, 0.4) is 0 Å². The van der Waals surface area contributed by atoms with Crippen LogP contribution in [0.1, 0.15) is 5.69 Å². The van der Waals surface area contributed by atoms with E-state index in [1.54, 1.807) is 7.05 Å². The van der Waals surface area contributed by atoms with Crippen LogP contribution in [-0.4, -0.2) is 18.6 Å². The predicted octanol–water partition coefficient (Wildman–Crippen LogP) is 5.78. The van der Waals surface area contributed by atoms with E-state index in [-0.39, 0.29) is 0 Å². The number of ether oxygens (including phenoxy) is 1. The fourth-order valence-electron chi connectivity index (χ4n) is 3.35. The second-order valence-electron chi connectivity index (χ2n) is 6.67. The van der Waals surface area contributed by atoms with Crippen LogP contribution in [0.2, 0.25) is 0 Å². The van der Waals surface area contributed by atoms with Crippen molar-refractivity contribution >= 4 is 27.2 Å². The maximum atomic E-state index is 5.59. The first-order valence-electron chi connectivity index (χ1n) is 9.23. The molecule has 0 spiro atoms. The molecule has 3 heteroatoms. The van der Waals surface area contributed by atoms with E-state index in [0.29, 0.717) is 12.5 Å². The maximum Gasteiger partial charge on any atom is 0.179 e. The van der Waals surface area contributed by atoms with Crippen LogP contribution in [0.25, 0.3) is 38.4 Å². The molecule has 0 radical (unpaired) electrons. The number of benzene rings is 3. The van der Waals surface area contributed by atoms with Gasteiger partial charge in [0.05, 0.1) is 11.2 Å². The Morgan fingerprint density at radius 1 is 0.964 bits per heavy atom. The minimum atomic E-state index is 0.333. The standard InChI is InChI=1S/C25H22N2O/c1-17(16-28-18(2)26-3)24-15-22(19-9-5-4-6-10-19)25-21-12-8-7-11-20(21)13-14-23(25)27-24/h4-15,26H,1-2,16H2,3H3. The van der Waals surface area contributed by atoms with Crippen molar-refractivity contribution in [3.05, 3.63) is 97.5 Å². The quantitative estimate of drug-likeness (QED) is 0.347. The first-order valence-corrected chi connectivity index (χ1v) is 9.23. The third-order valence-electron chi connectivity index (χ3n) is 4.84. The van der Waals surface area contributed by atoms with Gasteiger partial charge in [0.25, 0.3) is 0 Å². The molecule has 4 aromatic rings. The third kappa shape index (κ3) is 3.35. The number of aromatic nitrogens is 1. The number of pyridine rings is 1. The first-order chi connectivity index (χ1) is 13.7. The van der Waals surface area contributed by atoms with E-state index >= 15 is 0 Å². The van der Waals surface area contributed by atoms with Crippen LogP contribution in [-0.2, 0) is 4.74 Å². The van der Waals surface area contributed by atoms with E-state index in [1.165, 1.54) is 10.8 Å². The van der Waals surface area contributed by atoms with Gasteiger partial charge in [-0.25, -0.2) is 4.98 Å². The van der Waals surface area contributed by atoms with Gasteiger partial charge in [-0.1, -0.05) is 67.2 Å². The summed E-state index contributed by atoms with van der Waals surface area (Å²) >= 11 is 0. The molecule has 1 N–H and O–H groups in total. The second kappa shape index (κ2) is 7.57. The fraction of sp³-hybridized carbons (Fsp3) is 0.0800. The summed E-state index contributed by atoms with van der Waals surface area (Å²) in [6.07, 6.45) is 0. The zero-order chi connectivity index (χ0) is 19.5. The van der Waals surface area contributed by atoms with Gasteiger partial charge in [-0.2, -0.15) is 0 Å². The molecular weight excluding hydrogens is 344 g/mol.